The van der Waals surface area contributed by atoms with Crippen molar-refractivity contribution in [1.29, 1.82) is 0 Å². The predicted octanol–water partition coefficient (Wildman–Crippen LogP) is 5.23. The number of nitrogens with two attached hydrogens (primary N) is 1. The van der Waals surface area contributed by atoms with Crippen molar-refractivity contribution < 1.29 is 4.74 Å². The quantitative estimate of drug-likeness (QED) is 0.808. The van der Waals surface area contributed by atoms with Crippen LogP contribution in [0, 0.1) is 0 Å². The zero-order valence-electron chi connectivity index (χ0n) is 13.0. The van der Waals surface area contributed by atoms with Crippen LogP contribution >= 0.6 is 15.9 Å². The lowest BCUT2D eigenvalue weighted by Gasteiger charge is -2.35. The van der Waals surface area contributed by atoms with Gasteiger partial charge in [0.2, 0.25) is 0 Å². The second-order valence-electron chi connectivity index (χ2n) is 6.78. The average molecular weight is 352 g/mol. The molecular formula is C18H26BrNO. The maximum atomic E-state index is 6.75. The predicted molar refractivity (Wildman–Crippen MR) is 90.9 cm³/mol. The van der Waals surface area contributed by atoms with Crippen LogP contribution in [-0.2, 0) is 5.54 Å². The first-order valence-electron chi connectivity index (χ1n) is 8.31. The van der Waals surface area contributed by atoms with E-state index in [0.29, 0.717) is 5.92 Å². The maximum Gasteiger partial charge on any atom is 0.136 e. The summed E-state index contributed by atoms with van der Waals surface area (Å²) >= 11 is 3.72. The molecule has 0 radical (unpaired) electrons. The summed E-state index contributed by atoms with van der Waals surface area (Å²) in [6.07, 6.45) is 11.3. The Morgan fingerprint density at radius 3 is 2.38 bits per heavy atom. The molecule has 0 heterocycles. The fourth-order valence-corrected chi connectivity index (χ4v) is 4.77. The van der Waals surface area contributed by atoms with Crippen LogP contribution in [0.15, 0.2) is 16.6 Å². The Kier molecular flexibility index (Phi) is 4.60. The number of hydrogen-bond donors (Lipinski definition) is 1. The minimum absolute atomic E-state index is 0.138. The van der Waals surface area contributed by atoms with Crippen LogP contribution in [0.2, 0.25) is 0 Å². The molecule has 2 nitrogen and oxygen atoms in total. The normalized spacial score (nSPS) is 22.4. The van der Waals surface area contributed by atoms with Gasteiger partial charge in [0.05, 0.1) is 11.6 Å². The van der Waals surface area contributed by atoms with Crippen molar-refractivity contribution in [2.24, 2.45) is 5.73 Å². The minimum atomic E-state index is -0.138. The molecule has 3 heteroatoms. The Morgan fingerprint density at radius 1 is 1.10 bits per heavy atom. The van der Waals surface area contributed by atoms with Gasteiger partial charge in [0, 0.05) is 5.54 Å². The summed E-state index contributed by atoms with van der Waals surface area (Å²) in [6.45, 7) is 0. The third kappa shape index (κ3) is 3.00. The van der Waals surface area contributed by atoms with Gasteiger partial charge < -0.3 is 10.5 Å². The van der Waals surface area contributed by atoms with Gasteiger partial charge >= 0.3 is 0 Å². The SMILES string of the molecule is COc1c(Br)cc(C2(N)CCCCC2)cc1C1CCCC1. The summed E-state index contributed by atoms with van der Waals surface area (Å²) in [5.74, 6) is 1.66. The van der Waals surface area contributed by atoms with E-state index >= 15 is 0 Å². The van der Waals surface area contributed by atoms with Gasteiger partial charge in [-0.05, 0) is 70.8 Å². The third-order valence-electron chi connectivity index (χ3n) is 5.39. The fourth-order valence-electron chi connectivity index (χ4n) is 4.13. The van der Waals surface area contributed by atoms with Crippen molar-refractivity contribution in [2.45, 2.75) is 69.2 Å². The first kappa shape index (κ1) is 15.4. The summed E-state index contributed by atoms with van der Waals surface area (Å²) in [4.78, 5) is 0. The molecule has 21 heavy (non-hydrogen) atoms. The van der Waals surface area contributed by atoms with Crippen LogP contribution in [0.4, 0.5) is 0 Å². The molecule has 2 aliphatic rings. The van der Waals surface area contributed by atoms with E-state index in [1.165, 1.54) is 56.1 Å². The summed E-state index contributed by atoms with van der Waals surface area (Å²) in [6, 6.07) is 4.55. The molecule has 0 bridgehead atoms. The number of halogens is 1. The summed E-state index contributed by atoms with van der Waals surface area (Å²) < 4.78 is 6.75. The van der Waals surface area contributed by atoms with Gasteiger partial charge in [-0.25, -0.2) is 0 Å². The lowest BCUT2D eigenvalue weighted by molar-refractivity contribution is 0.301. The Balaban J connectivity index is 2.01. The first-order chi connectivity index (χ1) is 10.1. The molecular weight excluding hydrogens is 326 g/mol. The van der Waals surface area contributed by atoms with E-state index < -0.39 is 0 Å². The smallest absolute Gasteiger partial charge is 0.136 e. The number of benzene rings is 1. The van der Waals surface area contributed by atoms with Crippen molar-refractivity contribution >= 4 is 15.9 Å². The van der Waals surface area contributed by atoms with Gasteiger partial charge in [0.25, 0.3) is 0 Å². The van der Waals surface area contributed by atoms with Crippen molar-refractivity contribution in [2.75, 3.05) is 7.11 Å². The molecule has 0 unspecified atom stereocenters. The van der Waals surface area contributed by atoms with Gasteiger partial charge in [-0.2, -0.15) is 0 Å². The van der Waals surface area contributed by atoms with E-state index in [-0.39, 0.29) is 5.54 Å². The van der Waals surface area contributed by atoms with Crippen LogP contribution in [0.3, 0.4) is 0 Å². The lowest BCUT2D eigenvalue weighted by atomic mass is 9.76. The molecule has 2 aliphatic carbocycles. The number of methoxy groups -OCH3 is 1. The van der Waals surface area contributed by atoms with E-state index in [1.54, 1.807) is 7.11 Å². The van der Waals surface area contributed by atoms with E-state index in [0.717, 1.165) is 23.1 Å². The van der Waals surface area contributed by atoms with E-state index in [4.69, 9.17) is 10.5 Å². The molecule has 116 valence electrons. The Morgan fingerprint density at radius 2 is 1.76 bits per heavy atom. The Bertz CT molecular complexity index is 502. The molecule has 1 aromatic carbocycles. The van der Waals surface area contributed by atoms with Crippen molar-refractivity contribution in [1.82, 2.24) is 0 Å². The van der Waals surface area contributed by atoms with E-state index in [9.17, 15) is 0 Å². The first-order valence-corrected chi connectivity index (χ1v) is 9.10. The fraction of sp³-hybridized carbons (Fsp3) is 0.667. The minimum Gasteiger partial charge on any atom is -0.495 e. The molecule has 2 fully saturated rings. The Hall–Kier alpha value is -0.540. The molecule has 0 saturated heterocycles. The zero-order valence-corrected chi connectivity index (χ0v) is 14.5. The van der Waals surface area contributed by atoms with Gasteiger partial charge in [-0.15, -0.1) is 0 Å². The highest BCUT2D eigenvalue weighted by molar-refractivity contribution is 9.10. The van der Waals surface area contributed by atoms with Crippen molar-refractivity contribution in [3.63, 3.8) is 0 Å². The third-order valence-corrected chi connectivity index (χ3v) is 5.98. The van der Waals surface area contributed by atoms with E-state index in [2.05, 4.69) is 28.1 Å². The van der Waals surface area contributed by atoms with Gasteiger partial charge in [-0.1, -0.05) is 32.1 Å². The molecule has 0 aromatic heterocycles. The molecule has 0 aliphatic heterocycles. The largest absolute Gasteiger partial charge is 0.495 e. The molecule has 2 N–H and O–H groups in total. The molecule has 0 spiro atoms. The second-order valence-corrected chi connectivity index (χ2v) is 7.63. The van der Waals surface area contributed by atoms with Crippen LogP contribution < -0.4 is 10.5 Å². The molecule has 3 rings (SSSR count). The van der Waals surface area contributed by atoms with Crippen molar-refractivity contribution in [3.8, 4) is 5.75 Å². The summed E-state index contributed by atoms with van der Waals surface area (Å²) in [5, 5.41) is 0. The van der Waals surface area contributed by atoms with Crippen LogP contribution in [-0.4, -0.2) is 7.11 Å². The highest BCUT2D eigenvalue weighted by Gasteiger charge is 2.32. The molecule has 1 aromatic rings. The Labute approximate surface area is 136 Å². The van der Waals surface area contributed by atoms with Gasteiger partial charge in [0.1, 0.15) is 5.75 Å². The van der Waals surface area contributed by atoms with Gasteiger partial charge in [0.15, 0.2) is 0 Å². The number of ether oxygens (including phenoxy) is 1. The highest BCUT2D eigenvalue weighted by atomic mass is 79.9. The van der Waals surface area contributed by atoms with E-state index in [1.807, 2.05) is 0 Å². The van der Waals surface area contributed by atoms with Gasteiger partial charge in [-0.3, -0.25) is 0 Å². The second kappa shape index (κ2) is 6.29. The standard InChI is InChI=1S/C18H26BrNO/c1-21-17-15(13-7-3-4-8-13)11-14(12-16(17)19)18(20)9-5-2-6-10-18/h11-13H,2-10,20H2,1H3. The molecule has 0 amide bonds. The van der Waals surface area contributed by atoms with Crippen LogP contribution in [0.25, 0.3) is 0 Å². The maximum absolute atomic E-state index is 6.75. The van der Waals surface area contributed by atoms with Crippen LogP contribution in [0.5, 0.6) is 5.75 Å². The lowest BCUT2D eigenvalue weighted by Crippen LogP contribution is -2.38. The topological polar surface area (TPSA) is 35.2 Å². The van der Waals surface area contributed by atoms with Crippen LogP contribution in [0.1, 0.15) is 74.8 Å². The number of hydrogen-bond acceptors (Lipinski definition) is 2. The average Bonchev–Trinajstić information content (AvgIpc) is 3.01. The zero-order chi connectivity index (χ0) is 14.9. The molecule has 0 atom stereocenters. The highest BCUT2D eigenvalue weighted by Crippen LogP contribution is 2.45. The van der Waals surface area contributed by atoms with Crippen molar-refractivity contribution in [3.05, 3.63) is 27.7 Å². The summed E-state index contributed by atoms with van der Waals surface area (Å²) in [5.41, 5.74) is 9.28. The molecule has 2 saturated carbocycles. The monoisotopic (exact) mass is 351 g/mol. The summed E-state index contributed by atoms with van der Waals surface area (Å²) in [7, 11) is 1.77. The number of rotatable bonds is 3.